The molecule has 0 radical (unpaired) electrons. The third-order valence-corrected chi connectivity index (χ3v) is 17.6. The number of carbonyl (C=O) groups is 6. The number of ether oxygens (including phenoxy) is 4. The molecule has 2 unspecified atom stereocenters. The lowest BCUT2D eigenvalue weighted by Crippen LogP contribution is -2.35. The molecule has 0 spiro atoms. The summed E-state index contributed by atoms with van der Waals surface area (Å²) in [5.41, 5.74) is 18.4. The van der Waals surface area contributed by atoms with Crippen LogP contribution < -0.4 is 29.6 Å². The van der Waals surface area contributed by atoms with Crippen LogP contribution in [0, 0.1) is 0 Å². The van der Waals surface area contributed by atoms with Gasteiger partial charge in [0.1, 0.15) is 23.0 Å². The molecule has 8 aromatic rings. The van der Waals surface area contributed by atoms with Crippen molar-refractivity contribution >= 4 is 41.9 Å². The van der Waals surface area contributed by atoms with Crippen LogP contribution in [-0.4, -0.2) is 114 Å². The normalized spacial score (nSPS) is 13.8. The number of hydrogen-bond donors (Lipinski definition) is 10. The van der Waals surface area contributed by atoms with Crippen molar-refractivity contribution in [3.8, 4) is 23.0 Å². The summed E-state index contributed by atoms with van der Waals surface area (Å²) in [4.78, 5) is 75.1. The number of amides is 2. The summed E-state index contributed by atoms with van der Waals surface area (Å²) in [6.07, 6.45) is 6.18. The van der Waals surface area contributed by atoms with Crippen molar-refractivity contribution in [2.45, 2.75) is 158 Å². The molecule has 3 aliphatic heterocycles. The van der Waals surface area contributed by atoms with Crippen LogP contribution in [-0.2, 0) is 133 Å². The second-order valence-electron chi connectivity index (χ2n) is 25.1. The van der Waals surface area contributed by atoms with E-state index in [0.29, 0.717) is 77.4 Å². The van der Waals surface area contributed by atoms with Crippen LogP contribution in [0.2, 0.25) is 0 Å². The lowest BCUT2D eigenvalue weighted by atomic mass is 9.88. The SMILES string of the molecule is CC.CC(=O)Oc1cc(CC(=O)NCCc2cccc(CO)c2)ccc1CO.CC(=O)Oc1cc(CC2=NCCc3cc(CO)ccc32)ccc1CO.CC(=O)Oc1cc(CC2NCCc3cc(CO)ccc32)ccc1CO.CC(=O)Oc1cc(CC2c3ccc(CO)cc3CCN2C=O)ccc1CO. The van der Waals surface area contributed by atoms with Crippen LogP contribution in [0.3, 0.4) is 0 Å². The number of carbonyl (C=O) groups excluding carboxylic acids is 6. The summed E-state index contributed by atoms with van der Waals surface area (Å²) in [5, 5.41) is 81.0. The molecule has 0 aliphatic carbocycles. The first kappa shape index (κ1) is 82.2. The molecule has 105 heavy (non-hydrogen) atoms. The van der Waals surface area contributed by atoms with Crippen LogP contribution in [0.25, 0.3) is 0 Å². The summed E-state index contributed by atoms with van der Waals surface area (Å²) in [5.74, 6) is -0.471. The Morgan fingerprint density at radius 3 is 1.43 bits per heavy atom. The number of benzene rings is 8. The summed E-state index contributed by atoms with van der Waals surface area (Å²) in [6.45, 7) is 11.3. The zero-order valence-corrected chi connectivity index (χ0v) is 60.4. The van der Waals surface area contributed by atoms with Crippen molar-refractivity contribution < 1.29 is 88.6 Å². The van der Waals surface area contributed by atoms with Gasteiger partial charge in [-0.15, -0.1) is 0 Å². The highest BCUT2D eigenvalue weighted by Crippen LogP contribution is 2.35. The van der Waals surface area contributed by atoms with E-state index in [9.17, 15) is 64.5 Å². The van der Waals surface area contributed by atoms with Gasteiger partial charge >= 0.3 is 23.9 Å². The molecule has 22 heteroatoms. The summed E-state index contributed by atoms with van der Waals surface area (Å²) < 4.78 is 20.7. The molecule has 0 saturated carbocycles. The van der Waals surface area contributed by atoms with Crippen LogP contribution >= 0.6 is 0 Å². The number of aliphatic hydroxyl groups is 8. The minimum Gasteiger partial charge on any atom is -0.426 e. The van der Waals surface area contributed by atoms with Gasteiger partial charge in [0.25, 0.3) is 0 Å². The van der Waals surface area contributed by atoms with Gasteiger partial charge < -0.3 is 75.3 Å². The van der Waals surface area contributed by atoms with E-state index >= 15 is 0 Å². The van der Waals surface area contributed by atoms with E-state index in [0.717, 1.165) is 112 Å². The zero-order chi connectivity index (χ0) is 76.0. The Morgan fingerprint density at radius 2 is 0.914 bits per heavy atom. The largest absolute Gasteiger partial charge is 0.426 e. The van der Waals surface area contributed by atoms with Crippen LogP contribution in [0.5, 0.6) is 23.0 Å². The Kier molecular flexibility index (Phi) is 32.9. The average Bonchev–Trinajstić information content (AvgIpc) is 0.808. The minimum absolute atomic E-state index is 0.00526. The number of aliphatic imine (C=N–C) groups is 1. The van der Waals surface area contributed by atoms with E-state index in [1.54, 1.807) is 53.4 Å². The van der Waals surface area contributed by atoms with E-state index in [1.807, 2.05) is 105 Å². The molecule has 0 saturated heterocycles. The Morgan fingerprint density at radius 1 is 0.476 bits per heavy atom. The van der Waals surface area contributed by atoms with Crippen molar-refractivity contribution in [3.05, 3.63) is 257 Å². The van der Waals surface area contributed by atoms with E-state index in [2.05, 4.69) is 27.8 Å². The maximum atomic E-state index is 12.1. The number of fused-ring (bicyclic) bond motifs is 3. The molecule has 0 bridgehead atoms. The fourth-order valence-corrected chi connectivity index (χ4v) is 12.5. The molecule has 10 N–H and O–H groups in total. The smallest absolute Gasteiger partial charge is 0.308 e. The standard InChI is InChI=1S/C21H23NO5.C20H23NO5.C20H23NO4.C20H21NO4.C2H6/c1-14(26)27-21-10-15(2-4-18(21)12-24)9-20-19-5-3-16(11-23)8-17(19)6-7-22(20)13-25;1-14(24)26-19-10-16(5-6-18(19)13-23)11-20(25)21-8-7-15-3-2-4-17(9-15)12-22;2*1-13(24)25-20-10-14(2-4-17(20)12-23)9-19-18-5-3-15(11-22)8-16(18)6-7-21-19;1-2/h2-5,8,10,13,20,23-24H,6-7,9,11-12H2,1H3;2-6,9-10,22-23H,7-8,11-13H2,1H3,(H,21,25);2-5,8,10,19,21-23H,6-7,9,11-12H2,1H3;2-5,8,10,22-23H,6-7,9,11-12H2,1H3;1-2H3. The second kappa shape index (κ2) is 42.0. The zero-order valence-electron chi connectivity index (χ0n) is 60.4. The number of aliphatic hydroxyl groups excluding tert-OH is 8. The summed E-state index contributed by atoms with van der Waals surface area (Å²) in [7, 11) is 0. The number of esters is 4. The number of hydrogen-bond acceptors (Lipinski definition) is 20. The number of rotatable bonds is 24. The molecule has 2 atom stereocenters. The highest BCUT2D eigenvalue weighted by atomic mass is 16.5. The van der Waals surface area contributed by atoms with Gasteiger partial charge in [0, 0.05) is 87.8 Å². The first-order valence-electron chi connectivity index (χ1n) is 35.0. The Balaban J connectivity index is 0.000000194. The molecular formula is C83H96N4O18. The van der Waals surface area contributed by atoms with Crippen LogP contribution in [0.1, 0.15) is 159 Å². The maximum Gasteiger partial charge on any atom is 0.308 e. The van der Waals surface area contributed by atoms with Crippen LogP contribution in [0.4, 0.5) is 0 Å². The highest BCUT2D eigenvalue weighted by molar-refractivity contribution is 6.04. The Hall–Kier alpha value is -10.1. The Bertz CT molecular complexity index is 4300. The molecule has 2 amide bonds. The van der Waals surface area contributed by atoms with Crippen molar-refractivity contribution in [2.75, 3.05) is 26.2 Å². The van der Waals surface area contributed by atoms with E-state index in [-0.39, 0.29) is 83.0 Å². The fourth-order valence-electron chi connectivity index (χ4n) is 12.5. The molecular weight excluding hydrogens is 1340 g/mol. The predicted molar refractivity (Wildman–Crippen MR) is 396 cm³/mol. The van der Waals surface area contributed by atoms with Gasteiger partial charge in [0.2, 0.25) is 12.3 Å². The molecule has 556 valence electrons. The summed E-state index contributed by atoms with van der Waals surface area (Å²) >= 11 is 0. The molecule has 0 aromatic heterocycles. The molecule has 0 fully saturated rings. The predicted octanol–water partition coefficient (Wildman–Crippen LogP) is 8.63. The van der Waals surface area contributed by atoms with Gasteiger partial charge in [-0.25, -0.2) is 0 Å². The Labute approximate surface area is 612 Å². The lowest BCUT2D eigenvalue weighted by Gasteiger charge is -2.35. The van der Waals surface area contributed by atoms with Gasteiger partial charge in [-0.1, -0.05) is 141 Å². The first-order chi connectivity index (χ1) is 50.8. The maximum absolute atomic E-state index is 12.1. The van der Waals surface area contributed by atoms with Crippen LogP contribution in [0.15, 0.2) is 157 Å². The molecule has 22 nitrogen and oxygen atoms in total. The van der Waals surface area contributed by atoms with E-state index < -0.39 is 23.9 Å². The number of nitrogens with one attached hydrogen (secondary N) is 2. The molecule has 3 heterocycles. The molecule has 3 aliphatic rings. The van der Waals surface area contributed by atoms with Gasteiger partial charge in [-0.05, 0) is 153 Å². The topological polar surface area (TPSA) is 341 Å². The van der Waals surface area contributed by atoms with E-state index in [1.165, 1.54) is 44.4 Å². The molecule has 11 rings (SSSR count). The van der Waals surface area contributed by atoms with Crippen molar-refractivity contribution in [3.63, 3.8) is 0 Å². The van der Waals surface area contributed by atoms with Gasteiger partial charge in [-0.2, -0.15) is 0 Å². The summed E-state index contributed by atoms with van der Waals surface area (Å²) in [6, 6.07) is 46.9. The third kappa shape index (κ3) is 24.5. The first-order valence-corrected chi connectivity index (χ1v) is 35.0. The van der Waals surface area contributed by atoms with Crippen molar-refractivity contribution in [1.29, 1.82) is 0 Å². The van der Waals surface area contributed by atoms with E-state index in [4.69, 9.17) is 24.1 Å². The van der Waals surface area contributed by atoms with Gasteiger partial charge in [-0.3, -0.25) is 33.8 Å². The number of nitrogens with zero attached hydrogens (tertiary/aromatic N) is 2. The van der Waals surface area contributed by atoms with Crippen molar-refractivity contribution in [2.24, 2.45) is 4.99 Å². The van der Waals surface area contributed by atoms with Gasteiger partial charge in [0.15, 0.2) is 0 Å². The second-order valence-corrected chi connectivity index (χ2v) is 25.1. The fraction of sp³-hybridized carbons (Fsp3) is 0.337. The van der Waals surface area contributed by atoms with Gasteiger partial charge in [0.05, 0.1) is 65.3 Å². The molecule has 8 aromatic carbocycles. The quantitative estimate of drug-likeness (QED) is 0.0154. The third-order valence-electron chi connectivity index (χ3n) is 17.6. The monoisotopic (exact) mass is 1440 g/mol. The minimum atomic E-state index is -0.480. The van der Waals surface area contributed by atoms with Crippen molar-refractivity contribution in [1.82, 2.24) is 15.5 Å². The average molecular weight is 1440 g/mol. The lowest BCUT2D eigenvalue weighted by molar-refractivity contribution is -0.132. The highest BCUT2D eigenvalue weighted by Gasteiger charge is 2.28.